The van der Waals surface area contributed by atoms with E-state index in [1.807, 2.05) is 30.3 Å². The molecule has 0 spiro atoms. The second kappa shape index (κ2) is 3.54. The topological polar surface area (TPSA) is 52.0 Å². The minimum atomic E-state index is -1.57. The van der Waals surface area contributed by atoms with Gasteiger partial charge >= 0.3 is 0 Å². The van der Waals surface area contributed by atoms with Gasteiger partial charge in [-0.3, -0.25) is 0 Å². The summed E-state index contributed by atoms with van der Waals surface area (Å²) in [5.74, 6) is 0.0337. The smallest absolute Gasteiger partial charge is 0.225 e. The Morgan fingerprint density at radius 1 is 1.43 bits per heavy atom. The third-order valence-electron chi connectivity index (χ3n) is 2.02. The lowest BCUT2D eigenvalue weighted by molar-refractivity contribution is 0.438. The van der Waals surface area contributed by atoms with Gasteiger partial charge in [-0.05, 0) is 6.37 Å². The Kier molecular flexibility index (Phi) is 1.68. The van der Waals surface area contributed by atoms with E-state index >= 15 is 0 Å². The van der Waals surface area contributed by atoms with E-state index in [4.69, 9.17) is 13.0 Å². The summed E-state index contributed by atoms with van der Waals surface area (Å²) < 4.78 is 20.3. The van der Waals surface area contributed by atoms with Gasteiger partial charge in [0, 0.05) is 13.9 Å². The third kappa shape index (κ3) is 1.37. The van der Waals surface area contributed by atoms with Gasteiger partial charge in [0.2, 0.25) is 5.88 Å². The van der Waals surface area contributed by atoms with Crippen LogP contribution in [0, 0.1) is 0 Å². The highest BCUT2D eigenvalue weighted by atomic mass is 16.5. The van der Waals surface area contributed by atoms with Crippen LogP contribution < -0.4 is 5.73 Å². The quantitative estimate of drug-likeness (QED) is 0.791. The lowest BCUT2D eigenvalue weighted by Crippen LogP contribution is -1.89. The van der Waals surface area contributed by atoms with Crippen molar-refractivity contribution < 1.29 is 7.26 Å². The highest BCUT2D eigenvalue weighted by Gasteiger charge is 2.12. The fourth-order valence-electron chi connectivity index (χ4n) is 1.34. The first-order chi connectivity index (χ1) is 7.50. The second-order valence-electron chi connectivity index (χ2n) is 2.89. The number of hydrogen-bond acceptors (Lipinski definition) is 3. The van der Waals surface area contributed by atoms with Gasteiger partial charge in [-0.25, -0.2) is 0 Å². The molecular formula is C11H12N2O. The van der Waals surface area contributed by atoms with Crippen molar-refractivity contribution in [1.82, 2.24) is 5.16 Å². The number of aromatic nitrogens is 1. The molecular weight excluding hydrogens is 176 g/mol. The molecule has 3 nitrogen and oxygen atoms in total. The maximum absolute atomic E-state index is 7.71. The molecule has 0 amide bonds. The van der Waals surface area contributed by atoms with Crippen LogP contribution in [0.5, 0.6) is 0 Å². The molecule has 0 aliphatic rings. The van der Waals surface area contributed by atoms with E-state index in [0.29, 0.717) is 11.3 Å². The molecule has 1 aromatic carbocycles. The van der Waals surface area contributed by atoms with Crippen molar-refractivity contribution in [3.8, 4) is 11.3 Å². The van der Waals surface area contributed by atoms with E-state index in [1.54, 1.807) is 0 Å². The Morgan fingerprint density at radius 3 is 2.79 bits per heavy atom. The zero-order chi connectivity index (χ0) is 11.8. The summed E-state index contributed by atoms with van der Waals surface area (Å²) in [5.41, 5.74) is 7.16. The van der Waals surface area contributed by atoms with Gasteiger partial charge < -0.3 is 10.3 Å². The Morgan fingerprint density at radius 2 is 2.14 bits per heavy atom. The largest absolute Gasteiger partial charge is 0.367 e. The normalized spacial score (nSPS) is 13.5. The van der Waals surface area contributed by atoms with Crippen molar-refractivity contribution in [3.63, 3.8) is 0 Å². The van der Waals surface area contributed by atoms with E-state index in [2.05, 4.69) is 5.16 Å². The van der Waals surface area contributed by atoms with Crippen molar-refractivity contribution in [2.45, 2.75) is 13.3 Å². The van der Waals surface area contributed by atoms with E-state index in [1.165, 1.54) is 6.92 Å². The summed E-state index contributed by atoms with van der Waals surface area (Å²) in [4.78, 5) is 0. The number of nitrogens with zero attached hydrogens (tertiary/aromatic N) is 1. The number of nitrogens with two attached hydrogens (primary N) is 1. The number of anilines is 1. The molecule has 1 heterocycles. The van der Waals surface area contributed by atoms with Gasteiger partial charge in [0.25, 0.3) is 0 Å². The molecule has 2 rings (SSSR count). The Hall–Kier alpha value is -1.77. The molecule has 14 heavy (non-hydrogen) atoms. The number of benzene rings is 1. The first-order valence-electron chi connectivity index (χ1n) is 5.31. The van der Waals surface area contributed by atoms with Gasteiger partial charge in [0.15, 0.2) is 0 Å². The van der Waals surface area contributed by atoms with Gasteiger partial charge in [-0.2, -0.15) is 0 Å². The Labute approximate surface area is 85.3 Å². The summed E-state index contributed by atoms with van der Waals surface area (Å²) in [6.07, 6.45) is -1.57. The number of hydrogen-bond donors (Lipinski definition) is 1. The van der Waals surface area contributed by atoms with Crippen LogP contribution in [0.4, 0.5) is 5.88 Å². The van der Waals surface area contributed by atoms with Crippen molar-refractivity contribution in [2.24, 2.45) is 0 Å². The van der Waals surface area contributed by atoms with Crippen molar-refractivity contribution >= 4 is 5.88 Å². The fraction of sp³-hybridized carbons (Fsp3) is 0.182. The third-order valence-corrected chi connectivity index (χ3v) is 2.02. The van der Waals surface area contributed by atoms with Crippen LogP contribution in [0.25, 0.3) is 11.3 Å². The molecule has 3 heteroatoms. The van der Waals surface area contributed by atoms with E-state index in [0.717, 1.165) is 5.56 Å². The highest BCUT2D eigenvalue weighted by molar-refractivity contribution is 5.66. The zero-order valence-electron chi connectivity index (χ0n) is 9.82. The fourth-order valence-corrected chi connectivity index (χ4v) is 1.34. The molecule has 1 aromatic heterocycles. The van der Waals surface area contributed by atoms with Crippen LogP contribution in [0.2, 0.25) is 0 Å². The predicted molar refractivity (Wildman–Crippen MR) is 55.7 cm³/mol. The SMILES string of the molecule is [2H]C([2H])(C)c1c(-c2ccccc2)noc1N. The molecule has 72 valence electrons. The molecule has 0 fully saturated rings. The van der Waals surface area contributed by atoms with Crippen molar-refractivity contribution in [3.05, 3.63) is 35.9 Å². The van der Waals surface area contributed by atoms with Crippen LogP contribution in [0.3, 0.4) is 0 Å². The average Bonchev–Trinajstić information content (AvgIpc) is 2.61. The molecule has 0 saturated heterocycles. The molecule has 0 atom stereocenters. The summed E-state index contributed by atoms with van der Waals surface area (Å²) in [6, 6.07) is 9.27. The first kappa shape index (κ1) is 6.65. The van der Waals surface area contributed by atoms with E-state index in [9.17, 15) is 0 Å². The molecule has 2 N–H and O–H groups in total. The van der Waals surface area contributed by atoms with Crippen LogP contribution in [0.1, 0.15) is 15.2 Å². The molecule has 0 unspecified atom stereocenters. The molecule has 0 saturated carbocycles. The molecule has 0 radical (unpaired) electrons. The maximum Gasteiger partial charge on any atom is 0.225 e. The van der Waals surface area contributed by atoms with Crippen LogP contribution in [0.15, 0.2) is 34.9 Å². The average molecular weight is 190 g/mol. The van der Waals surface area contributed by atoms with E-state index < -0.39 is 6.37 Å². The summed E-state index contributed by atoms with van der Waals surface area (Å²) >= 11 is 0. The molecule has 0 aliphatic heterocycles. The van der Waals surface area contributed by atoms with Crippen LogP contribution in [-0.2, 0) is 6.37 Å². The Balaban J connectivity index is 2.60. The minimum Gasteiger partial charge on any atom is -0.367 e. The summed E-state index contributed by atoms with van der Waals surface area (Å²) in [5, 5.41) is 3.81. The standard InChI is InChI=1S/C11H12N2O/c1-2-9-10(13-14-11(9)12)8-6-4-3-5-7-8/h3-7H,2,12H2,1H3/i2D2. The molecule has 2 aromatic rings. The zero-order valence-corrected chi connectivity index (χ0v) is 7.82. The minimum absolute atomic E-state index is 0.0337. The number of nitrogen functional groups attached to an aromatic ring is 1. The monoisotopic (exact) mass is 190 g/mol. The van der Waals surface area contributed by atoms with Gasteiger partial charge in [-0.15, -0.1) is 0 Å². The highest BCUT2D eigenvalue weighted by Crippen LogP contribution is 2.26. The summed E-state index contributed by atoms with van der Waals surface area (Å²) in [7, 11) is 0. The van der Waals surface area contributed by atoms with Crippen molar-refractivity contribution in [1.29, 1.82) is 0 Å². The lowest BCUT2D eigenvalue weighted by Gasteiger charge is -1.97. The predicted octanol–water partition coefficient (Wildman–Crippen LogP) is 2.49. The maximum atomic E-state index is 7.71. The molecule has 0 aliphatic carbocycles. The Bertz CT molecular complexity index is 488. The van der Waals surface area contributed by atoms with Crippen molar-refractivity contribution in [2.75, 3.05) is 5.73 Å². The van der Waals surface area contributed by atoms with Gasteiger partial charge in [-0.1, -0.05) is 42.4 Å². The van der Waals surface area contributed by atoms with E-state index in [-0.39, 0.29) is 5.88 Å². The second-order valence-corrected chi connectivity index (χ2v) is 2.89. The van der Waals surface area contributed by atoms with Gasteiger partial charge in [0.1, 0.15) is 5.69 Å². The number of rotatable bonds is 2. The first-order valence-corrected chi connectivity index (χ1v) is 4.31. The lowest BCUT2D eigenvalue weighted by atomic mass is 10.1. The van der Waals surface area contributed by atoms with Gasteiger partial charge in [0.05, 0.1) is 0 Å². The van der Waals surface area contributed by atoms with Crippen LogP contribution in [-0.4, -0.2) is 5.16 Å². The van der Waals surface area contributed by atoms with Crippen LogP contribution >= 0.6 is 0 Å². The molecule has 0 bridgehead atoms. The summed E-state index contributed by atoms with van der Waals surface area (Å²) in [6.45, 7) is 1.43.